The Labute approximate surface area is 199 Å². The monoisotopic (exact) mass is 481 g/mol. The number of carbonyl (C=O) groups is 2. The van der Waals surface area contributed by atoms with Gasteiger partial charge in [0.15, 0.2) is 0 Å². The fraction of sp³-hybridized carbons (Fsp3) is 0.565. The number of rotatable bonds is 15. The number of carbonyl (C=O) groups excluding carboxylic acids is 2. The van der Waals surface area contributed by atoms with E-state index < -0.39 is 0 Å². The summed E-state index contributed by atoms with van der Waals surface area (Å²) in [6, 6.07) is 7.50. The fourth-order valence-electron chi connectivity index (χ4n) is 2.24. The van der Waals surface area contributed by atoms with Crippen LogP contribution in [0.4, 0.5) is 0 Å². The molecular formula is C23H35N3O4S2. The third-order valence-electron chi connectivity index (χ3n) is 3.81. The van der Waals surface area contributed by atoms with Gasteiger partial charge in [-0.3, -0.25) is 9.59 Å². The zero-order chi connectivity index (χ0) is 23.6. The van der Waals surface area contributed by atoms with Crippen LogP contribution in [0, 0.1) is 17.8 Å². The topological polar surface area (TPSA) is 88.7 Å². The second kappa shape index (κ2) is 17.8. The first-order valence-electron chi connectivity index (χ1n) is 10.8. The van der Waals surface area contributed by atoms with Crippen LogP contribution in [0.1, 0.15) is 38.1 Å². The van der Waals surface area contributed by atoms with Crippen LogP contribution in [-0.4, -0.2) is 63.3 Å². The Morgan fingerprint density at radius 1 is 1.06 bits per heavy atom. The summed E-state index contributed by atoms with van der Waals surface area (Å²) >= 11 is 0. The second-order valence-corrected chi connectivity index (χ2v) is 9.63. The maximum Gasteiger partial charge on any atom is 0.251 e. The standard InChI is InChI=1S/C23H35N3O4S2/c1-5-24-13-14-26-23(28)20-8-10-21(11-9-20)32-31-19(4)30-16-15-29-17-22(27)25-12-6-7-18(2)3/h8-11,18-19,24H,5,12-17H2,1-4H3,(H,25,27)(H,26,28). The normalized spacial score (nSPS) is 11.5. The predicted octanol–water partition coefficient (Wildman–Crippen LogP) is 2.92. The van der Waals surface area contributed by atoms with Crippen molar-refractivity contribution < 1.29 is 19.1 Å². The van der Waals surface area contributed by atoms with E-state index in [2.05, 4.69) is 27.8 Å². The molecule has 0 radical (unpaired) electrons. The maximum absolute atomic E-state index is 12.1. The smallest absolute Gasteiger partial charge is 0.251 e. The van der Waals surface area contributed by atoms with Crippen molar-refractivity contribution in [3.8, 4) is 11.8 Å². The van der Waals surface area contributed by atoms with Gasteiger partial charge in [-0.25, -0.2) is 0 Å². The summed E-state index contributed by atoms with van der Waals surface area (Å²) in [6.45, 7) is 11.3. The lowest BCUT2D eigenvalue weighted by Gasteiger charge is -2.12. The molecule has 1 atom stereocenters. The lowest BCUT2D eigenvalue weighted by Crippen LogP contribution is -2.31. The van der Waals surface area contributed by atoms with Gasteiger partial charge in [0.25, 0.3) is 5.91 Å². The molecule has 178 valence electrons. The molecule has 32 heavy (non-hydrogen) atoms. The van der Waals surface area contributed by atoms with E-state index in [9.17, 15) is 9.59 Å². The van der Waals surface area contributed by atoms with Crippen LogP contribution in [0.5, 0.6) is 0 Å². The molecule has 0 bridgehead atoms. The Bertz CT molecular complexity index is 733. The first-order chi connectivity index (χ1) is 15.4. The highest BCUT2D eigenvalue weighted by Gasteiger charge is 2.08. The molecule has 0 aliphatic heterocycles. The van der Waals surface area contributed by atoms with Crippen LogP contribution in [0.2, 0.25) is 0 Å². The summed E-state index contributed by atoms with van der Waals surface area (Å²) in [5.74, 6) is 5.91. The molecular weight excluding hydrogens is 446 g/mol. The first-order valence-corrected chi connectivity index (χ1v) is 13.0. The van der Waals surface area contributed by atoms with E-state index in [1.807, 2.05) is 52.0 Å². The molecule has 0 saturated heterocycles. The van der Waals surface area contributed by atoms with Crippen molar-refractivity contribution >= 4 is 33.4 Å². The lowest BCUT2D eigenvalue weighted by molar-refractivity contribution is -0.126. The third kappa shape index (κ3) is 14.4. The van der Waals surface area contributed by atoms with Crippen LogP contribution in [0.15, 0.2) is 29.2 Å². The van der Waals surface area contributed by atoms with Gasteiger partial charge in [0.05, 0.1) is 19.8 Å². The molecule has 0 fully saturated rings. The number of likely N-dealkylation sites (N-methyl/N-ethyl adjacent to an activating group) is 1. The van der Waals surface area contributed by atoms with Crippen LogP contribution in [0.3, 0.4) is 0 Å². The van der Waals surface area contributed by atoms with E-state index in [4.69, 9.17) is 9.47 Å². The largest absolute Gasteiger partial charge is 0.369 e. The van der Waals surface area contributed by atoms with Gasteiger partial charge in [0.1, 0.15) is 12.0 Å². The van der Waals surface area contributed by atoms with E-state index in [-0.39, 0.29) is 23.9 Å². The third-order valence-corrected chi connectivity index (χ3v) is 6.46. The van der Waals surface area contributed by atoms with Crippen LogP contribution in [-0.2, 0) is 14.3 Å². The number of hydrogen-bond donors (Lipinski definition) is 3. The van der Waals surface area contributed by atoms with E-state index in [1.165, 1.54) is 0 Å². The van der Waals surface area contributed by atoms with Crippen LogP contribution in [0.25, 0.3) is 0 Å². The molecule has 1 aromatic carbocycles. The van der Waals surface area contributed by atoms with Crippen molar-refractivity contribution in [2.24, 2.45) is 5.92 Å². The molecule has 0 aromatic heterocycles. The maximum atomic E-state index is 12.1. The molecule has 0 saturated carbocycles. The fourth-order valence-corrected chi connectivity index (χ4v) is 4.13. The van der Waals surface area contributed by atoms with E-state index >= 15 is 0 Å². The minimum Gasteiger partial charge on any atom is -0.369 e. The zero-order valence-corrected chi connectivity index (χ0v) is 21.0. The number of amides is 2. The molecule has 3 N–H and O–H groups in total. The van der Waals surface area contributed by atoms with Crippen LogP contribution >= 0.6 is 21.6 Å². The highest BCUT2D eigenvalue weighted by molar-refractivity contribution is 8.76. The van der Waals surface area contributed by atoms with Crippen molar-refractivity contribution in [2.75, 3.05) is 46.0 Å². The quantitative estimate of drug-likeness (QED) is 0.154. The molecule has 7 nitrogen and oxygen atoms in total. The molecule has 0 aliphatic rings. The number of ether oxygens (including phenoxy) is 2. The number of hydrogen-bond acceptors (Lipinski definition) is 7. The van der Waals surface area contributed by atoms with Gasteiger partial charge in [-0.05, 0) is 37.7 Å². The second-order valence-electron chi connectivity index (χ2n) is 7.06. The molecule has 2 amide bonds. The first kappa shape index (κ1) is 28.3. The van der Waals surface area contributed by atoms with Gasteiger partial charge >= 0.3 is 0 Å². The molecule has 0 spiro atoms. The van der Waals surface area contributed by atoms with Gasteiger partial charge in [-0.2, -0.15) is 0 Å². The van der Waals surface area contributed by atoms with Crippen molar-refractivity contribution in [1.29, 1.82) is 0 Å². The van der Waals surface area contributed by atoms with Gasteiger partial charge in [0, 0.05) is 29.5 Å². The number of nitrogens with one attached hydrogen (secondary N) is 3. The van der Waals surface area contributed by atoms with Crippen molar-refractivity contribution in [3.05, 3.63) is 29.8 Å². The molecule has 0 aliphatic carbocycles. The van der Waals surface area contributed by atoms with E-state index in [0.717, 1.165) is 18.0 Å². The zero-order valence-electron chi connectivity index (χ0n) is 19.4. The Hall–Kier alpha value is -1.70. The number of benzene rings is 1. The summed E-state index contributed by atoms with van der Waals surface area (Å²) in [5.41, 5.74) is 0.603. The Morgan fingerprint density at radius 2 is 1.81 bits per heavy atom. The molecule has 0 heterocycles. The summed E-state index contributed by atoms with van der Waals surface area (Å²) in [5, 5.41) is 8.74. The van der Waals surface area contributed by atoms with Crippen molar-refractivity contribution in [1.82, 2.24) is 16.0 Å². The molecule has 1 aromatic rings. The minimum absolute atomic E-state index is 0.00195. The van der Waals surface area contributed by atoms with Crippen molar-refractivity contribution in [3.63, 3.8) is 0 Å². The predicted molar refractivity (Wildman–Crippen MR) is 133 cm³/mol. The highest BCUT2D eigenvalue weighted by atomic mass is 33.1. The van der Waals surface area contributed by atoms with E-state index in [1.54, 1.807) is 21.6 Å². The van der Waals surface area contributed by atoms with Gasteiger partial charge in [-0.1, -0.05) is 54.2 Å². The van der Waals surface area contributed by atoms with Crippen LogP contribution < -0.4 is 16.0 Å². The Morgan fingerprint density at radius 3 is 2.50 bits per heavy atom. The summed E-state index contributed by atoms with van der Waals surface area (Å²) in [6.07, 6.45) is 0. The average molecular weight is 482 g/mol. The minimum atomic E-state index is -0.184. The Balaban J connectivity index is 2.14. The van der Waals surface area contributed by atoms with E-state index in [0.29, 0.717) is 37.8 Å². The van der Waals surface area contributed by atoms with Gasteiger partial charge in [0.2, 0.25) is 5.91 Å². The van der Waals surface area contributed by atoms with Gasteiger partial charge in [-0.15, -0.1) is 0 Å². The molecule has 1 rings (SSSR count). The molecule has 1 unspecified atom stereocenters. The summed E-state index contributed by atoms with van der Waals surface area (Å²) in [4.78, 5) is 24.7. The lowest BCUT2D eigenvalue weighted by atomic mass is 10.2. The molecule has 9 heteroatoms. The summed E-state index contributed by atoms with van der Waals surface area (Å²) < 4.78 is 11.0. The average Bonchev–Trinajstić information content (AvgIpc) is 2.78. The van der Waals surface area contributed by atoms with Gasteiger partial charge < -0.3 is 25.4 Å². The SMILES string of the molecule is CCNCCNC(=O)c1ccc(SSC(C)OCCOCC(=O)NCC#CC(C)C)cc1. The van der Waals surface area contributed by atoms with Crippen molar-refractivity contribution in [2.45, 2.75) is 38.0 Å². The Kier molecular flexibility index (Phi) is 15.8. The highest BCUT2D eigenvalue weighted by Crippen LogP contribution is 2.34. The summed E-state index contributed by atoms with van der Waals surface area (Å²) in [7, 11) is 3.17.